The van der Waals surface area contributed by atoms with Crippen LogP contribution in [-0.2, 0) is 6.54 Å². The largest absolute Gasteiger partial charge is 0.497 e. The van der Waals surface area contributed by atoms with Gasteiger partial charge in [0.15, 0.2) is 0 Å². The van der Waals surface area contributed by atoms with Crippen LogP contribution in [0, 0.1) is 0 Å². The molecule has 5 heteroatoms. The Morgan fingerprint density at radius 2 is 1.83 bits per heavy atom. The lowest BCUT2D eigenvalue weighted by molar-refractivity contribution is 0.192. The molecule has 0 spiro atoms. The quantitative estimate of drug-likeness (QED) is 0.663. The molecule has 1 aliphatic heterocycles. The summed E-state index contributed by atoms with van der Waals surface area (Å²) in [7, 11) is 1.71. The second kappa shape index (κ2) is 7.97. The molecule has 0 saturated carbocycles. The first kappa shape index (κ1) is 19.4. The van der Waals surface area contributed by atoms with Gasteiger partial charge in [-0.1, -0.05) is 35.3 Å². The lowest BCUT2D eigenvalue weighted by atomic mass is 9.84. The molecule has 0 radical (unpaired) electrons. The van der Waals surface area contributed by atoms with Gasteiger partial charge in [0.05, 0.1) is 17.2 Å². The molecule has 130 valence electrons. The number of nitrogens with zero attached hydrogens (tertiary/aromatic N) is 1. The predicted octanol–water partition coefficient (Wildman–Crippen LogP) is 5.78. The average molecular weight is 387 g/mol. The van der Waals surface area contributed by atoms with E-state index in [1.54, 1.807) is 7.11 Å². The van der Waals surface area contributed by atoms with Crippen molar-refractivity contribution >= 4 is 35.6 Å². The van der Waals surface area contributed by atoms with Crippen LogP contribution in [0.3, 0.4) is 0 Å². The topological polar surface area (TPSA) is 12.5 Å². The van der Waals surface area contributed by atoms with Gasteiger partial charge in [-0.3, -0.25) is 4.90 Å². The molecule has 0 amide bonds. The standard InChI is InChI=1S/C19H21Cl2NO.ClH/c1-12(2)22-10-14-8-15(23-3)5-6-16(14)17(11-22)13-4-7-18(20)19(21)9-13;/h4-9,12,17H,10-11H2,1-3H3;1H. The van der Waals surface area contributed by atoms with Crippen molar-refractivity contribution in [3.63, 3.8) is 0 Å². The monoisotopic (exact) mass is 385 g/mol. The summed E-state index contributed by atoms with van der Waals surface area (Å²) in [6.07, 6.45) is 0. The van der Waals surface area contributed by atoms with E-state index in [0.29, 0.717) is 22.0 Å². The summed E-state index contributed by atoms with van der Waals surface area (Å²) in [6, 6.07) is 12.8. The van der Waals surface area contributed by atoms with Gasteiger partial charge in [0.2, 0.25) is 0 Å². The molecule has 1 atom stereocenters. The van der Waals surface area contributed by atoms with Crippen molar-refractivity contribution in [2.75, 3.05) is 13.7 Å². The zero-order valence-corrected chi connectivity index (χ0v) is 16.4. The smallest absolute Gasteiger partial charge is 0.119 e. The van der Waals surface area contributed by atoms with E-state index >= 15 is 0 Å². The highest BCUT2D eigenvalue weighted by Gasteiger charge is 2.28. The van der Waals surface area contributed by atoms with Crippen molar-refractivity contribution in [1.82, 2.24) is 4.90 Å². The number of halogens is 3. The summed E-state index contributed by atoms with van der Waals surface area (Å²) in [5, 5.41) is 1.21. The van der Waals surface area contributed by atoms with Crippen molar-refractivity contribution in [2.24, 2.45) is 0 Å². The minimum atomic E-state index is 0. The summed E-state index contributed by atoms with van der Waals surface area (Å²) in [6.45, 7) is 6.39. The molecule has 1 unspecified atom stereocenters. The lowest BCUT2D eigenvalue weighted by Crippen LogP contribution is -2.38. The second-order valence-electron chi connectivity index (χ2n) is 6.31. The zero-order valence-electron chi connectivity index (χ0n) is 14.1. The highest BCUT2D eigenvalue weighted by Crippen LogP contribution is 2.37. The Balaban J connectivity index is 0.00000208. The first-order valence-electron chi connectivity index (χ1n) is 7.85. The third-order valence-electron chi connectivity index (χ3n) is 4.59. The van der Waals surface area contributed by atoms with Crippen LogP contribution in [0.15, 0.2) is 36.4 Å². The average Bonchev–Trinajstić information content (AvgIpc) is 2.55. The van der Waals surface area contributed by atoms with E-state index in [4.69, 9.17) is 27.9 Å². The van der Waals surface area contributed by atoms with Crippen molar-refractivity contribution < 1.29 is 4.74 Å². The molecule has 1 heterocycles. The molecule has 2 aromatic carbocycles. The predicted molar refractivity (Wildman–Crippen MR) is 104 cm³/mol. The van der Waals surface area contributed by atoms with Crippen molar-refractivity contribution in [3.05, 3.63) is 63.1 Å². The Bertz CT molecular complexity index is 718. The van der Waals surface area contributed by atoms with E-state index in [1.165, 1.54) is 16.7 Å². The van der Waals surface area contributed by atoms with Gasteiger partial charge in [0.1, 0.15) is 5.75 Å². The van der Waals surface area contributed by atoms with Crippen LogP contribution in [0.1, 0.15) is 36.5 Å². The minimum Gasteiger partial charge on any atom is -0.497 e. The summed E-state index contributed by atoms with van der Waals surface area (Å²) in [5.74, 6) is 1.20. The molecule has 0 aliphatic carbocycles. The van der Waals surface area contributed by atoms with E-state index in [0.717, 1.165) is 18.8 Å². The van der Waals surface area contributed by atoms with Crippen LogP contribution < -0.4 is 4.74 Å². The Hall–Kier alpha value is -0.930. The Morgan fingerprint density at radius 1 is 1.08 bits per heavy atom. The normalized spacial score (nSPS) is 17.3. The highest BCUT2D eigenvalue weighted by atomic mass is 35.5. The molecule has 0 fully saturated rings. The van der Waals surface area contributed by atoms with Gasteiger partial charge in [0, 0.05) is 25.0 Å². The van der Waals surface area contributed by atoms with Crippen molar-refractivity contribution in [2.45, 2.75) is 32.4 Å². The number of fused-ring (bicyclic) bond motifs is 1. The molecule has 0 N–H and O–H groups in total. The van der Waals surface area contributed by atoms with Crippen LogP contribution in [0.25, 0.3) is 0 Å². The number of methoxy groups -OCH3 is 1. The Kier molecular flexibility index (Phi) is 6.44. The molecular formula is C19H22Cl3NO. The third kappa shape index (κ3) is 3.83. The molecule has 0 aromatic heterocycles. The number of benzene rings is 2. The molecule has 3 rings (SSSR count). The summed E-state index contributed by atoms with van der Waals surface area (Å²) < 4.78 is 5.39. The minimum absolute atomic E-state index is 0. The molecule has 2 nitrogen and oxygen atoms in total. The van der Waals surface area contributed by atoms with Crippen LogP contribution in [0.5, 0.6) is 5.75 Å². The van der Waals surface area contributed by atoms with Gasteiger partial charge < -0.3 is 4.74 Å². The maximum atomic E-state index is 6.24. The van der Waals surface area contributed by atoms with Crippen LogP contribution >= 0.6 is 35.6 Å². The van der Waals surface area contributed by atoms with E-state index in [1.807, 2.05) is 18.2 Å². The number of hydrogen-bond donors (Lipinski definition) is 0. The first-order valence-corrected chi connectivity index (χ1v) is 8.61. The number of ether oxygens (including phenoxy) is 1. The molecule has 0 saturated heterocycles. The van der Waals surface area contributed by atoms with E-state index in [9.17, 15) is 0 Å². The molecule has 24 heavy (non-hydrogen) atoms. The second-order valence-corrected chi connectivity index (χ2v) is 7.13. The van der Waals surface area contributed by atoms with Crippen molar-refractivity contribution in [3.8, 4) is 5.75 Å². The fourth-order valence-electron chi connectivity index (χ4n) is 3.21. The summed E-state index contributed by atoms with van der Waals surface area (Å²) in [4.78, 5) is 2.48. The van der Waals surface area contributed by atoms with Gasteiger partial charge >= 0.3 is 0 Å². The molecule has 2 aromatic rings. The fraction of sp³-hybridized carbons (Fsp3) is 0.368. The Morgan fingerprint density at radius 3 is 2.46 bits per heavy atom. The molecule has 1 aliphatic rings. The Labute approximate surface area is 160 Å². The van der Waals surface area contributed by atoms with Gasteiger partial charge in [0.25, 0.3) is 0 Å². The van der Waals surface area contributed by atoms with Crippen LogP contribution in [0.4, 0.5) is 0 Å². The van der Waals surface area contributed by atoms with Crippen molar-refractivity contribution in [1.29, 1.82) is 0 Å². The van der Waals surface area contributed by atoms with Gasteiger partial charge in [-0.25, -0.2) is 0 Å². The van der Waals surface area contributed by atoms with E-state index < -0.39 is 0 Å². The van der Waals surface area contributed by atoms with E-state index in [2.05, 4.69) is 36.9 Å². The van der Waals surface area contributed by atoms with Crippen LogP contribution in [0.2, 0.25) is 10.0 Å². The zero-order chi connectivity index (χ0) is 16.6. The molecular weight excluding hydrogens is 365 g/mol. The maximum absolute atomic E-state index is 6.24. The number of rotatable bonds is 3. The first-order chi connectivity index (χ1) is 11.0. The maximum Gasteiger partial charge on any atom is 0.119 e. The summed E-state index contributed by atoms with van der Waals surface area (Å²) >= 11 is 12.3. The highest BCUT2D eigenvalue weighted by molar-refractivity contribution is 6.42. The fourth-order valence-corrected chi connectivity index (χ4v) is 3.52. The molecule has 0 bridgehead atoms. The lowest BCUT2D eigenvalue weighted by Gasteiger charge is -2.37. The van der Waals surface area contributed by atoms with Crippen LogP contribution in [-0.4, -0.2) is 24.6 Å². The van der Waals surface area contributed by atoms with Gasteiger partial charge in [-0.05, 0) is 54.8 Å². The van der Waals surface area contributed by atoms with Gasteiger partial charge in [-0.2, -0.15) is 0 Å². The van der Waals surface area contributed by atoms with Gasteiger partial charge in [-0.15, -0.1) is 12.4 Å². The number of hydrogen-bond acceptors (Lipinski definition) is 2. The summed E-state index contributed by atoms with van der Waals surface area (Å²) in [5.41, 5.74) is 3.87. The SMILES string of the molecule is COc1ccc2c(c1)CN(C(C)C)CC2c1ccc(Cl)c(Cl)c1.Cl. The van der Waals surface area contributed by atoms with E-state index in [-0.39, 0.29) is 12.4 Å². The third-order valence-corrected chi connectivity index (χ3v) is 5.33.